The Kier molecular flexibility index (Phi) is 7.44. The van der Waals surface area contributed by atoms with Crippen LogP contribution in [0.1, 0.15) is 5.56 Å². The highest BCUT2D eigenvalue weighted by atomic mass is 32.2. The maximum absolute atomic E-state index is 12.7. The number of methoxy groups -OCH3 is 2. The summed E-state index contributed by atoms with van der Waals surface area (Å²) in [5, 5.41) is 14.6. The van der Waals surface area contributed by atoms with E-state index in [0.29, 0.717) is 5.75 Å². The average Bonchev–Trinajstić information content (AvgIpc) is 2.73. The van der Waals surface area contributed by atoms with Gasteiger partial charge in [-0.25, -0.2) is 13.8 Å². The Morgan fingerprint density at radius 2 is 1.87 bits per heavy atom. The molecule has 0 heterocycles. The molecule has 0 aliphatic heterocycles. The third-order valence-corrected chi connectivity index (χ3v) is 5.76. The summed E-state index contributed by atoms with van der Waals surface area (Å²) in [6.45, 7) is -0.523. The number of carbonyl (C=O) groups excluding carboxylic acids is 1. The molecule has 0 aliphatic carbocycles. The van der Waals surface area contributed by atoms with Gasteiger partial charge in [0.25, 0.3) is 11.6 Å². The molecule has 11 nitrogen and oxygen atoms in total. The summed E-state index contributed by atoms with van der Waals surface area (Å²) in [6, 6.07) is 9.90. The quantitative estimate of drug-likeness (QED) is 0.356. The second kappa shape index (κ2) is 9.80. The van der Waals surface area contributed by atoms with Gasteiger partial charge < -0.3 is 9.47 Å². The van der Waals surface area contributed by atoms with Gasteiger partial charge in [-0.3, -0.25) is 14.9 Å². The topological polar surface area (TPSA) is 140 Å². The molecule has 0 aliphatic rings. The Morgan fingerprint density at radius 1 is 1.20 bits per heavy atom. The van der Waals surface area contributed by atoms with Crippen LogP contribution >= 0.6 is 0 Å². The molecule has 30 heavy (non-hydrogen) atoms. The molecule has 0 aromatic heterocycles. The third kappa shape index (κ3) is 5.30. The number of likely N-dealkylation sites (N-methyl/N-ethyl adjacent to an activating group) is 1. The van der Waals surface area contributed by atoms with E-state index < -0.39 is 27.4 Å². The van der Waals surface area contributed by atoms with Crippen molar-refractivity contribution in [1.29, 1.82) is 0 Å². The van der Waals surface area contributed by atoms with E-state index in [2.05, 4.69) is 10.5 Å². The van der Waals surface area contributed by atoms with Gasteiger partial charge in [-0.15, -0.1) is 0 Å². The van der Waals surface area contributed by atoms with Gasteiger partial charge in [0, 0.05) is 19.2 Å². The molecule has 2 aromatic rings. The Bertz CT molecular complexity index is 1070. The van der Waals surface area contributed by atoms with E-state index in [1.807, 2.05) is 0 Å². The first kappa shape index (κ1) is 22.8. The molecule has 0 bridgehead atoms. The number of hydrazone groups is 1. The van der Waals surface area contributed by atoms with Crippen molar-refractivity contribution in [3.8, 4) is 11.5 Å². The minimum absolute atomic E-state index is 0.0844. The molecule has 0 spiro atoms. The monoisotopic (exact) mass is 436 g/mol. The molecule has 12 heteroatoms. The van der Waals surface area contributed by atoms with Gasteiger partial charge in [0.05, 0.1) is 42.4 Å². The zero-order valence-corrected chi connectivity index (χ0v) is 17.3. The first-order valence-corrected chi connectivity index (χ1v) is 9.88. The van der Waals surface area contributed by atoms with Crippen LogP contribution in [0.2, 0.25) is 0 Å². The second-order valence-electron chi connectivity index (χ2n) is 5.89. The number of hydrogen-bond donors (Lipinski definition) is 1. The number of rotatable bonds is 9. The smallest absolute Gasteiger partial charge is 0.278 e. The lowest BCUT2D eigenvalue weighted by atomic mass is 10.2. The van der Waals surface area contributed by atoms with Crippen LogP contribution in [-0.2, 0) is 14.8 Å². The lowest BCUT2D eigenvalue weighted by molar-refractivity contribution is -0.385. The minimum atomic E-state index is -3.99. The summed E-state index contributed by atoms with van der Waals surface area (Å²) in [7, 11) is 0.0417. The molecule has 0 atom stereocenters. The normalized spacial score (nSPS) is 11.5. The number of hydrogen-bond acceptors (Lipinski definition) is 8. The van der Waals surface area contributed by atoms with Crippen LogP contribution in [0, 0.1) is 10.1 Å². The number of amides is 1. The summed E-state index contributed by atoms with van der Waals surface area (Å²) >= 11 is 0. The SMILES string of the molecule is COc1ccc(S(=O)(=O)N(C)CC(=O)N/N=C\c2ccccc2[N+](=O)[O-])cc1OC. The molecule has 0 radical (unpaired) electrons. The van der Waals surface area contributed by atoms with E-state index in [1.54, 1.807) is 6.07 Å². The van der Waals surface area contributed by atoms with Crippen molar-refractivity contribution in [2.24, 2.45) is 5.10 Å². The van der Waals surface area contributed by atoms with Crippen LogP contribution in [0.15, 0.2) is 52.5 Å². The molecule has 0 saturated carbocycles. The van der Waals surface area contributed by atoms with Crippen molar-refractivity contribution >= 4 is 27.8 Å². The van der Waals surface area contributed by atoms with Crippen molar-refractivity contribution in [2.45, 2.75) is 4.90 Å². The fourth-order valence-corrected chi connectivity index (χ4v) is 3.56. The molecule has 1 N–H and O–H groups in total. The molecular weight excluding hydrogens is 416 g/mol. The molecule has 0 fully saturated rings. The molecule has 2 aromatic carbocycles. The van der Waals surface area contributed by atoms with E-state index >= 15 is 0 Å². The Balaban J connectivity index is 2.07. The summed E-state index contributed by atoms with van der Waals surface area (Å²) in [4.78, 5) is 22.4. The highest BCUT2D eigenvalue weighted by Gasteiger charge is 2.24. The van der Waals surface area contributed by atoms with Crippen LogP contribution in [0.5, 0.6) is 11.5 Å². The number of nitrogens with zero attached hydrogens (tertiary/aromatic N) is 3. The van der Waals surface area contributed by atoms with Crippen molar-refractivity contribution in [2.75, 3.05) is 27.8 Å². The molecule has 1 amide bonds. The zero-order valence-electron chi connectivity index (χ0n) is 16.4. The van der Waals surface area contributed by atoms with Gasteiger partial charge in [-0.05, 0) is 18.2 Å². The first-order chi connectivity index (χ1) is 14.2. The maximum atomic E-state index is 12.7. The number of carbonyl (C=O) groups is 1. The lowest BCUT2D eigenvalue weighted by Gasteiger charge is -2.17. The van der Waals surface area contributed by atoms with Crippen LogP contribution in [0.25, 0.3) is 0 Å². The number of nitro benzene ring substituents is 1. The van der Waals surface area contributed by atoms with Crippen LogP contribution < -0.4 is 14.9 Å². The Hall–Kier alpha value is -3.51. The summed E-state index contributed by atoms with van der Waals surface area (Å²) in [5.41, 5.74) is 2.16. The number of para-hydroxylation sites is 1. The van der Waals surface area contributed by atoms with E-state index in [1.165, 1.54) is 57.7 Å². The summed E-state index contributed by atoms with van der Waals surface area (Å²) in [6.07, 6.45) is 1.11. The molecule has 160 valence electrons. The molecule has 0 saturated heterocycles. The molecular formula is C18H20N4O7S. The average molecular weight is 436 g/mol. The maximum Gasteiger partial charge on any atom is 0.278 e. The van der Waals surface area contributed by atoms with Crippen molar-refractivity contribution < 1.29 is 27.6 Å². The van der Waals surface area contributed by atoms with Crippen LogP contribution in [-0.4, -0.2) is 57.6 Å². The zero-order chi connectivity index (χ0) is 22.3. The van der Waals surface area contributed by atoms with Gasteiger partial charge in [-0.2, -0.15) is 9.41 Å². The first-order valence-electron chi connectivity index (χ1n) is 8.44. The van der Waals surface area contributed by atoms with E-state index in [9.17, 15) is 23.3 Å². The van der Waals surface area contributed by atoms with Gasteiger partial charge in [0.1, 0.15) is 0 Å². The molecule has 0 unspecified atom stereocenters. The number of nitro groups is 1. The fourth-order valence-electron chi connectivity index (χ4n) is 2.42. The van der Waals surface area contributed by atoms with Crippen molar-refractivity contribution in [1.82, 2.24) is 9.73 Å². The summed E-state index contributed by atoms with van der Waals surface area (Å²) in [5.74, 6) is -0.136. The Morgan fingerprint density at radius 3 is 2.50 bits per heavy atom. The standard InChI is InChI=1S/C18H20N4O7S/c1-21(30(26,27)14-8-9-16(28-2)17(10-14)29-3)12-18(23)20-19-11-13-6-4-5-7-15(13)22(24)25/h4-11H,12H2,1-3H3,(H,20,23)/b19-11-. The number of sulfonamides is 1. The second-order valence-corrected chi connectivity index (χ2v) is 7.93. The van der Waals surface area contributed by atoms with Crippen molar-refractivity contribution in [3.05, 3.63) is 58.1 Å². The van der Waals surface area contributed by atoms with Gasteiger partial charge in [-0.1, -0.05) is 12.1 Å². The Labute approximate surface area is 173 Å². The number of ether oxygens (including phenoxy) is 2. The third-order valence-electron chi connectivity index (χ3n) is 3.96. The molecule has 2 rings (SSSR count). The van der Waals surface area contributed by atoms with E-state index in [-0.39, 0.29) is 21.9 Å². The number of nitrogens with one attached hydrogen (secondary N) is 1. The number of benzene rings is 2. The highest BCUT2D eigenvalue weighted by molar-refractivity contribution is 7.89. The van der Waals surface area contributed by atoms with Crippen LogP contribution in [0.4, 0.5) is 5.69 Å². The minimum Gasteiger partial charge on any atom is -0.493 e. The van der Waals surface area contributed by atoms with Crippen molar-refractivity contribution in [3.63, 3.8) is 0 Å². The predicted molar refractivity (Wildman–Crippen MR) is 108 cm³/mol. The van der Waals surface area contributed by atoms with Gasteiger partial charge in [0.15, 0.2) is 11.5 Å². The summed E-state index contributed by atoms with van der Waals surface area (Å²) < 4.78 is 36.4. The van der Waals surface area contributed by atoms with Gasteiger partial charge >= 0.3 is 0 Å². The van der Waals surface area contributed by atoms with E-state index in [0.717, 1.165) is 10.5 Å². The lowest BCUT2D eigenvalue weighted by Crippen LogP contribution is -2.36. The highest BCUT2D eigenvalue weighted by Crippen LogP contribution is 2.30. The largest absolute Gasteiger partial charge is 0.493 e. The van der Waals surface area contributed by atoms with Gasteiger partial charge in [0.2, 0.25) is 10.0 Å². The van der Waals surface area contributed by atoms with E-state index in [4.69, 9.17) is 9.47 Å². The predicted octanol–water partition coefficient (Wildman–Crippen LogP) is 1.38. The fraction of sp³-hybridized carbons (Fsp3) is 0.222. The van der Waals surface area contributed by atoms with Crippen LogP contribution in [0.3, 0.4) is 0 Å².